The van der Waals surface area contributed by atoms with Crippen molar-refractivity contribution in [3.63, 3.8) is 0 Å². The van der Waals surface area contributed by atoms with Gasteiger partial charge in [-0.3, -0.25) is 4.98 Å². The van der Waals surface area contributed by atoms with Crippen molar-refractivity contribution in [1.82, 2.24) is 19.9 Å². The number of nitrogens with one attached hydrogen (secondary N) is 1. The Morgan fingerprint density at radius 3 is 2.37 bits per heavy atom. The van der Waals surface area contributed by atoms with E-state index >= 15 is 0 Å². The predicted octanol–water partition coefficient (Wildman–Crippen LogP) is 3.06. The highest BCUT2D eigenvalue weighted by Crippen LogP contribution is 2.30. The van der Waals surface area contributed by atoms with E-state index in [0.29, 0.717) is 12.0 Å². The molecule has 0 aliphatic rings. The van der Waals surface area contributed by atoms with Crippen LogP contribution in [0.3, 0.4) is 0 Å². The van der Waals surface area contributed by atoms with Gasteiger partial charge in [0.15, 0.2) is 11.5 Å². The number of rotatable bonds is 9. The third-order valence-electron chi connectivity index (χ3n) is 4.22. The largest absolute Gasteiger partial charge is 0.433 e. The summed E-state index contributed by atoms with van der Waals surface area (Å²) in [5.74, 6) is -0.0158. The fourth-order valence-electron chi connectivity index (χ4n) is 2.59. The second kappa shape index (κ2) is 9.61. The molecule has 2 rings (SSSR count). The highest BCUT2D eigenvalue weighted by Gasteiger charge is 2.34. The third-order valence-corrected chi connectivity index (χ3v) is 4.22. The first kappa shape index (κ1) is 21.0. The average Bonchev–Trinajstić information content (AvgIpc) is 2.67. The van der Waals surface area contributed by atoms with E-state index < -0.39 is 17.9 Å². The Kier molecular flexibility index (Phi) is 7.49. The molecule has 0 radical (unpaired) electrons. The van der Waals surface area contributed by atoms with Gasteiger partial charge in [-0.15, -0.1) is 0 Å². The molecule has 148 valence electrons. The molecular formula is C18H24F3N5O. The van der Waals surface area contributed by atoms with Crippen LogP contribution in [0.4, 0.5) is 19.0 Å². The lowest BCUT2D eigenvalue weighted by Gasteiger charge is -2.23. The molecule has 9 heteroatoms. The second-order valence-corrected chi connectivity index (χ2v) is 6.04. The highest BCUT2D eigenvalue weighted by molar-refractivity contribution is 5.57. The topological polar surface area (TPSA) is 74.2 Å². The first-order valence-corrected chi connectivity index (χ1v) is 8.83. The maximum Gasteiger partial charge on any atom is 0.433 e. The zero-order chi connectivity index (χ0) is 19.9. The maximum absolute atomic E-state index is 13.2. The van der Waals surface area contributed by atoms with E-state index in [-0.39, 0.29) is 18.2 Å². The fourth-order valence-corrected chi connectivity index (χ4v) is 2.59. The van der Waals surface area contributed by atoms with Gasteiger partial charge in [0.25, 0.3) is 0 Å². The normalized spacial score (nSPS) is 13.0. The molecule has 0 saturated carbocycles. The van der Waals surface area contributed by atoms with E-state index in [1.807, 2.05) is 13.8 Å². The van der Waals surface area contributed by atoms with Crippen molar-refractivity contribution >= 4 is 5.82 Å². The van der Waals surface area contributed by atoms with Crippen LogP contribution in [0.15, 0.2) is 30.6 Å². The standard InChI is InChI=1S/C18H24F3N5O/c1-3-26(4-2)10-7-14(12-27)23-16-11-15(18(19,20)21)24-17(25-16)13-5-8-22-9-6-13/h5-6,8-9,11,14,27H,3-4,7,10,12H2,1-2H3,(H,23,24,25). The quantitative estimate of drug-likeness (QED) is 0.693. The number of hydrogen-bond donors (Lipinski definition) is 2. The summed E-state index contributed by atoms with van der Waals surface area (Å²) < 4.78 is 39.7. The van der Waals surface area contributed by atoms with Crippen LogP contribution in [0.1, 0.15) is 26.0 Å². The summed E-state index contributed by atoms with van der Waals surface area (Å²) in [4.78, 5) is 13.9. The van der Waals surface area contributed by atoms with Crippen molar-refractivity contribution in [2.75, 3.05) is 31.6 Å². The number of pyridine rings is 1. The van der Waals surface area contributed by atoms with E-state index in [1.54, 1.807) is 12.1 Å². The van der Waals surface area contributed by atoms with Crippen molar-refractivity contribution in [2.45, 2.75) is 32.5 Å². The summed E-state index contributed by atoms with van der Waals surface area (Å²) in [5.41, 5.74) is -0.602. The summed E-state index contributed by atoms with van der Waals surface area (Å²) in [6, 6.07) is 3.55. The number of aliphatic hydroxyl groups excluding tert-OH is 1. The molecule has 0 aliphatic carbocycles. The molecule has 1 unspecified atom stereocenters. The summed E-state index contributed by atoms with van der Waals surface area (Å²) in [6.45, 7) is 6.31. The van der Waals surface area contributed by atoms with Crippen LogP contribution in [0.25, 0.3) is 11.4 Å². The van der Waals surface area contributed by atoms with Crippen LogP contribution < -0.4 is 5.32 Å². The van der Waals surface area contributed by atoms with Gasteiger partial charge in [-0.25, -0.2) is 9.97 Å². The van der Waals surface area contributed by atoms with Gasteiger partial charge in [0.2, 0.25) is 0 Å². The third kappa shape index (κ3) is 6.14. The smallest absolute Gasteiger partial charge is 0.394 e. The van der Waals surface area contributed by atoms with E-state index in [9.17, 15) is 18.3 Å². The molecule has 0 aromatic carbocycles. The number of aliphatic hydroxyl groups is 1. The van der Waals surface area contributed by atoms with Gasteiger partial charge in [-0.05, 0) is 31.6 Å². The van der Waals surface area contributed by atoms with Crippen LogP contribution >= 0.6 is 0 Å². The zero-order valence-corrected chi connectivity index (χ0v) is 15.4. The molecule has 0 bridgehead atoms. The lowest BCUT2D eigenvalue weighted by molar-refractivity contribution is -0.141. The van der Waals surface area contributed by atoms with Gasteiger partial charge in [-0.1, -0.05) is 13.8 Å². The minimum atomic E-state index is -4.60. The number of alkyl halides is 3. The Morgan fingerprint density at radius 1 is 1.15 bits per heavy atom. The number of aromatic nitrogens is 3. The summed E-state index contributed by atoms with van der Waals surface area (Å²) >= 11 is 0. The fraction of sp³-hybridized carbons (Fsp3) is 0.500. The lowest BCUT2D eigenvalue weighted by atomic mass is 10.2. The SMILES string of the molecule is CCN(CC)CCC(CO)Nc1cc(C(F)(F)F)nc(-c2ccncc2)n1. The Bertz CT molecular complexity index is 708. The maximum atomic E-state index is 13.2. The monoisotopic (exact) mass is 383 g/mol. The molecule has 0 amide bonds. The minimum Gasteiger partial charge on any atom is -0.394 e. The van der Waals surface area contributed by atoms with E-state index in [1.165, 1.54) is 12.4 Å². The molecule has 2 aromatic heterocycles. The summed E-state index contributed by atoms with van der Waals surface area (Å²) in [6.07, 6.45) is -1.09. The predicted molar refractivity (Wildman–Crippen MR) is 97.2 cm³/mol. The summed E-state index contributed by atoms with van der Waals surface area (Å²) in [5, 5.41) is 12.5. The van der Waals surface area contributed by atoms with E-state index in [4.69, 9.17) is 0 Å². The van der Waals surface area contributed by atoms with Crippen LogP contribution in [0, 0.1) is 0 Å². The average molecular weight is 383 g/mol. The summed E-state index contributed by atoms with van der Waals surface area (Å²) in [7, 11) is 0. The number of nitrogens with zero attached hydrogens (tertiary/aromatic N) is 4. The first-order valence-electron chi connectivity index (χ1n) is 8.83. The van der Waals surface area contributed by atoms with Gasteiger partial charge in [0, 0.05) is 30.6 Å². The second-order valence-electron chi connectivity index (χ2n) is 6.04. The molecule has 0 spiro atoms. The lowest BCUT2D eigenvalue weighted by Crippen LogP contribution is -2.32. The number of halogens is 3. The van der Waals surface area contributed by atoms with Gasteiger partial charge >= 0.3 is 6.18 Å². The first-order chi connectivity index (χ1) is 12.9. The van der Waals surface area contributed by atoms with E-state index in [0.717, 1.165) is 25.7 Å². The van der Waals surface area contributed by atoms with Crippen molar-refractivity contribution in [3.8, 4) is 11.4 Å². The Hall–Kier alpha value is -2.26. The van der Waals surface area contributed by atoms with Gasteiger partial charge < -0.3 is 15.3 Å². The van der Waals surface area contributed by atoms with Crippen molar-refractivity contribution < 1.29 is 18.3 Å². The van der Waals surface area contributed by atoms with Crippen LogP contribution in [-0.2, 0) is 6.18 Å². The Morgan fingerprint density at radius 2 is 1.81 bits per heavy atom. The van der Waals surface area contributed by atoms with Crippen molar-refractivity contribution in [1.29, 1.82) is 0 Å². The molecule has 27 heavy (non-hydrogen) atoms. The Labute approximate surface area is 156 Å². The van der Waals surface area contributed by atoms with Gasteiger partial charge in [-0.2, -0.15) is 13.2 Å². The van der Waals surface area contributed by atoms with Gasteiger partial charge in [0.05, 0.1) is 12.6 Å². The van der Waals surface area contributed by atoms with Gasteiger partial charge in [0.1, 0.15) is 5.82 Å². The Balaban J connectivity index is 2.26. The van der Waals surface area contributed by atoms with Crippen LogP contribution in [0.2, 0.25) is 0 Å². The highest BCUT2D eigenvalue weighted by atomic mass is 19.4. The molecular weight excluding hydrogens is 359 g/mol. The minimum absolute atomic E-state index is 0.0303. The van der Waals surface area contributed by atoms with Crippen molar-refractivity contribution in [2.24, 2.45) is 0 Å². The molecule has 0 fully saturated rings. The van der Waals surface area contributed by atoms with Crippen LogP contribution in [0.5, 0.6) is 0 Å². The molecule has 1 atom stereocenters. The van der Waals surface area contributed by atoms with E-state index in [2.05, 4.69) is 25.2 Å². The van der Waals surface area contributed by atoms with Crippen molar-refractivity contribution in [3.05, 3.63) is 36.3 Å². The molecule has 2 aromatic rings. The van der Waals surface area contributed by atoms with Crippen LogP contribution in [-0.4, -0.2) is 57.2 Å². The molecule has 0 aliphatic heterocycles. The number of hydrogen-bond acceptors (Lipinski definition) is 6. The number of anilines is 1. The molecule has 2 heterocycles. The zero-order valence-electron chi connectivity index (χ0n) is 15.4. The molecule has 6 nitrogen and oxygen atoms in total. The molecule has 2 N–H and O–H groups in total. The molecule has 0 saturated heterocycles.